The van der Waals surface area contributed by atoms with E-state index in [1.54, 1.807) is 35.6 Å². The van der Waals surface area contributed by atoms with Crippen molar-refractivity contribution < 1.29 is 27.9 Å². The molecule has 1 aromatic carbocycles. The predicted octanol–water partition coefficient (Wildman–Crippen LogP) is 2.31. The standard InChI is InChI=1S/C14H14F3NO3/c1-13(12(20)21,14(15,16)17)18-11(19)10-7-9(10)8-5-3-2-4-6-8/h2-6,9-10H,7H2,1H3,(H,18,19)(H,20,21). The summed E-state index contributed by atoms with van der Waals surface area (Å²) < 4.78 is 38.5. The largest absolute Gasteiger partial charge is 0.479 e. The Labute approximate surface area is 119 Å². The van der Waals surface area contributed by atoms with E-state index >= 15 is 0 Å². The fraction of sp³-hybridized carbons (Fsp3) is 0.429. The molecule has 7 heteroatoms. The molecule has 21 heavy (non-hydrogen) atoms. The van der Waals surface area contributed by atoms with Gasteiger partial charge in [-0.25, -0.2) is 4.79 Å². The molecule has 1 aliphatic rings. The molecule has 1 amide bonds. The summed E-state index contributed by atoms with van der Waals surface area (Å²) in [6.07, 6.45) is -4.64. The lowest BCUT2D eigenvalue weighted by atomic mass is 10.0. The van der Waals surface area contributed by atoms with Crippen LogP contribution in [0.3, 0.4) is 0 Å². The maximum absolute atomic E-state index is 12.8. The van der Waals surface area contributed by atoms with Gasteiger partial charge in [0.25, 0.3) is 0 Å². The number of nitrogens with one attached hydrogen (secondary N) is 1. The SMILES string of the molecule is CC(NC(=O)C1CC1c1ccccc1)(C(=O)O)C(F)(F)F. The number of alkyl halides is 3. The fourth-order valence-corrected chi connectivity index (χ4v) is 2.14. The van der Waals surface area contributed by atoms with Crippen molar-refractivity contribution in [2.24, 2.45) is 5.92 Å². The monoisotopic (exact) mass is 301 g/mol. The highest BCUT2D eigenvalue weighted by molar-refractivity contribution is 5.90. The van der Waals surface area contributed by atoms with E-state index in [9.17, 15) is 22.8 Å². The number of carbonyl (C=O) groups is 2. The summed E-state index contributed by atoms with van der Waals surface area (Å²) in [6.45, 7) is 0.452. The molecular formula is C14H14F3NO3. The van der Waals surface area contributed by atoms with Gasteiger partial charge in [-0.05, 0) is 24.8 Å². The Balaban J connectivity index is 2.08. The third kappa shape index (κ3) is 2.86. The minimum atomic E-state index is -5.06. The van der Waals surface area contributed by atoms with Crippen LogP contribution in [0.1, 0.15) is 24.8 Å². The van der Waals surface area contributed by atoms with Crippen LogP contribution in [0.2, 0.25) is 0 Å². The van der Waals surface area contributed by atoms with E-state index in [1.807, 2.05) is 0 Å². The summed E-state index contributed by atoms with van der Waals surface area (Å²) in [7, 11) is 0. The zero-order valence-electron chi connectivity index (χ0n) is 11.1. The average molecular weight is 301 g/mol. The molecule has 2 rings (SSSR count). The van der Waals surface area contributed by atoms with Gasteiger partial charge in [-0.2, -0.15) is 13.2 Å². The van der Waals surface area contributed by atoms with Gasteiger partial charge in [0, 0.05) is 5.92 Å². The van der Waals surface area contributed by atoms with Crippen LogP contribution in [0.15, 0.2) is 30.3 Å². The van der Waals surface area contributed by atoms with E-state index in [0.29, 0.717) is 13.3 Å². The molecular weight excluding hydrogens is 287 g/mol. The van der Waals surface area contributed by atoms with Crippen molar-refractivity contribution >= 4 is 11.9 Å². The van der Waals surface area contributed by atoms with Gasteiger partial charge in [0.15, 0.2) is 0 Å². The van der Waals surface area contributed by atoms with Gasteiger partial charge < -0.3 is 10.4 Å². The molecule has 3 unspecified atom stereocenters. The van der Waals surface area contributed by atoms with E-state index in [-0.39, 0.29) is 5.92 Å². The van der Waals surface area contributed by atoms with Gasteiger partial charge in [-0.1, -0.05) is 30.3 Å². The van der Waals surface area contributed by atoms with Gasteiger partial charge in [-0.3, -0.25) is 4.79 Å². The topological polar surface area (TPSA) is 66.4 Å². The van der Waals surface area contributed by atoms with Crippen LogP contribution in [-0.4, -0.2) is 28.7 Å². The fourth-order valence-electron chi connectivity index (χ4n) is 2.14. The Morgan fingerprint density at radius 2 is 1.81 bits per heavy atom. The van der Waals surface area contributed by atoms with Crippen LogP contribution in [-0.2, 0) is 9.59 Å². The van der Waals surface area contributed by atoms with Gasteiger partial charge in [0.1, 0.15) is 0 Å². The highest BCUT2D eigenvalue weighted by atomic mass is 19.4. The van der Waals surface area contributed by atoms with Crippen molar-refractivity contribution in [3.63, 3.8) is 0 Å². The molecule has 0 radical (unpaired) electrons. The Kier molecular flexibility index (Phi) is 3.69. The molecule has 3 atom stereocenters. The third-order valence-corrected chi connectivity index (χ3v) is 3.72. The van der Waals surface area contributed by atoms with Gasteiger partial charge in [0.2, 0.25) is 11.4 Å². The Bertz CT molecular complexity index is 558. The lowest BCUT2D eigenvalue weighted by Gasteiger charge is -2.28. The molecule has 1 aromatic rings. The molecule has 1 fully saturated rings. The Morgan fingerprint density at radius 3 is 2.29 bits per heavy atom. The smallest absolute Gasteiger partial charge is 0.422 e. The van der Waals surface area contributed by atoms with E-state index in [4.69, 9.17) is 5.11 Å². The average Bonchev–Trinajstić information content (AvgIpc) is 3.18. The van der Waals surface area contributed by atoms with Crippen molar-refractivity contribution in [1.29, 1.82) is 0 Å². The number of hydrogen-bond donors (Lipinski definition) is 2. The van der Waals surface area contributed by atoms with Gasteiger partial charge in [-0.15, -0.1) is 0 Å². The second-order valence-corrected chi connectivity index (χ2v) is 5.28. The van der Waals surface area contributed by atoms with Crippen LogP contribution in [0, 0.1) is 5.92 Å². The number of rotatable bonds is 4. The molecule has 1 aliphatic carbocycles. The second kappa shape index (κ2) is 5.05. The van der Waals surface area contributed by atoms with E-state index in [1.165, 1.54) is 0 Å². The molecule has 114 valence electrons. The number of halogens is 3. The van der Waals surface area contributed by atoms with Crippen LogP contribution >= 0.6 is 0 Å². The molecule has 0 heterocycles. The van der Waals surface area contributed by atoms with E-state index in [0.717, 1.165) is 5.56 Å². The molecule has 0 saturated heterocycles. The van der Waals surface area contributed by atoms with Crippen LogP contribution in [0.25, 0.3) is 0 Å². The van der Waals surface area contributed by atoms with Crippen molar-refractivity contribution in [1.82, 2.24) is 5.32 Å². The first-order valence-electron chi connectivity index (χ1n) is 6.34. The minimum Gasteiger partial charge on any atom is -0.479 e. The summed E-state index contributed by atoms with van der Waals surface area (Å²) in [5, 5.41) is 10.4. The molecule has 0 spiro atoms. The lowest BCUT2D eigenvalue weighted by Crippen LogP contribution is -2.62. The molecule has 0 bridgehead atoms. The van der Waals surface area contributed by atoms with Crippen molar-refractivity contribution in [3.8, 4) is 0 Å². The van der Waals surface area contributed by atoms with Crippen LogP contribution in [0.4, 0.5) is 13.2 Å². The maximum Gasteiger partial charge on any atom is 0.422 e. The zero-order valence-corrected chi connectivity index (χ0v) is 11.1. The molecule has 0 aromatic heterocycles. The second-order valence-electron chi connectivity index (χ2n) is 5.28. The zero-order chi connectivity index (χ0) is 15.8. The molecule has 1 saturated carbocycles. The van der Waals surface area contributed by atoms with Gasteiger partial charge >= 0.3 is 12.1 Å². The first kappa shape index (κ1) is 15.3. The Hall–Kier alpha value is -2.05. The van der Waals surface area contributed by atoms with E-state index in [2.05, 4.69) is 0 Å². The number of benzene rings is 1. The van der Waals surface area contributed by atoms with Crippen LogP contribution < -0.4 is 5.32 Å². The number of amides is 1. The highest BCUT2D eigenvalue weighted by Gasteiger charge is 2.60. The summed E-state index contributed by atoms with van der Waals surface area (Å²) in [5.41, 5.74) is -2.41. The van der Waals surface area contributed by atoms with Crippen molar-refractivity contribution in [3.05, 3.63) is 35.9 Å². The molecule has 0 aliphatic heterocycles. The van der Waals surface area contributed by atoms with Gasteiger partial charge in [0.05, 0.1) is 0 Å². The molecule has 4 nitrogen and oxygen atoms in total. The number of hydrogen-bond acceptors (Lipinski definition) is 2. The lowest BCUT2D eigenvalue weighted by molar-refractivity contribution is -0.207. The normalized spacial score (nSPS) is 24.0. The summed E-state index contributed by atoms with van der Waals surface area (Å²) >= 11 is 0. The predicted molar refractivity (Wildman–Crippen MR) is 67.5 cm³/mol. The van der Waals surface area contributed by atoms with E-state index < -0.39 is 29.5 Å². The quantitative estimate of drug-likeness (QED) is 0.897. The first-order valence-corrected chi connectivity index (χ1v) is 6.34. The highest BCUT2D eigenvalue weighted by Crippen LogP contribution is 2.48. The summed E-state index contributed by atoms with van der Waals surface area (Å²) in [6, 6.07) is 8.93. The third-order valence-electron chi connectivity index (χ3n) is 3.72. The van der Waals surface area contributed by atoms with Crippen LogP contribution in [0.5, 0.6) is 0 Å². The summed E-state index contributed by atoms with van der Waals surface area (Å²) in [4.78, 5) is 22.7. The number of carboxylic acids is 1. The summed E-state index contributed by atoms with van der Waals surface area (Å²) in [5.74, 6) is -3.78. The number of aliphatic carboxylic acids is 1. The van der Waals surface area contributed by atoms with Crippen molar-refractivity contribution in [2.75, 3.05) is 0 Å². The number of carboxylic acid groups (broad SMARTS) is 1. The minimum absolute atomic E-state index is 0.155. The Morgan fingerprint density at radius 1 is 1.24 bits per heavy atom. The van der Waals surface area contributed by atoms with Crippen molar-refractivity contribution in [2.45, 2.75) is 31.0 Å². The maximum atomic E-state index is 12.8. The molecule has 2 N–H and O–H groups in total. The number of carbonyl (C=O) groups excluding carboxylic acids is 1. The first-order chi connectivity index (χ1) is 9.67.